The quantitative estimate of drug-likeness (QED) is 0.693. The number of aromatic nitrogens is 2. The largest absolute Gasteiger partial charge is 0.438 e. The lowest BCUT2D eigenvalue weighted by molar-refractivity contribution is -0.139. The summed E-state index contributed by atoms with van der Waals surface area (Å²) in [4.78, 5) is 7.65. The maximum atomic E-state index is 13.2. The van der Waals surface area contributed by atoms with Gasteiger partial charge in [0.05, 0.1) is 0 Å². The van der Waals surface area contributed by atoms with Crippen LogP contribution in [0.4, 0.5) is 24.8 Å². The standard InChI is InChI=1S/C18H14F3N3O/c1-12-6-5-7-13(10-12)23-17-22-11-15(18(19,20)21)16(24-17)25-14-8-3-2-4-9-14/h2-11H,1H3,(H,22,23,24). The zero-order valence-corrected chi connectivity index (χ0v) is 13.2. The normalized spacial score (nSPS) is 11.2. The third-order valence-corrected chi connectivity index (χ3v) is 3.29. The van der Waals surface area contributed by atoms with Crippen LogP contribution in [0.5, 0.6) is 11.6 Å². The summed E-state index contributed by atoms with van der Waals surface area (Å²) >= 11 is 0. The van der Waals surface area contributed by atoms with E-state index in [1.54, 1.807) is 36.4 Å². The van der Waals surface area contributed by atoms with Crippen molar-refractivity contribution < 1.29 is 17.9 Å². The second-order valence-corrected chi connectivity index (χ2v) is 5.32. The second kappa shape index (κ2) is 6.80. The lowest BCUT2D eigenvalue weighted by Crippen LogP contribution is -2.11. The Balaban J connectivity index is 1.95. The Bertz CT molecular complexity index is 867. The van der Waals surface area contributed by atoms with Crippen molar-refractivity contribution in [3.63, 3.8) is 0 Å². The number of nitrogens with one attached hydrogen (secondary N) is 1. The number of benzene rings is 2. The van der Waals surface area contributed by atoms with Crippen molar-refractivity contribution in [2.24, 2.45) is 0 Å². The van der Waals surface area contributed by atoms with Gasteiger partial charge in [-0.3, -0.25) is 0 Å². The molecule has 0 unspecified atom stereocenters. The molecule has 7 heteroatoms. The number of nitrogens with zero attached hydrogens (tertiary/aromatic N) is 2. The van der Waals surface area contributed by atoms with Gasteiger partial charge >= 0.3 is 6.18 Å². The molecular formula is C18H14F3N3O. The van der Waals surface area contributed by atoms with Crippen molar-refractivity contribution in [1.29, 1.82) is 0 Å². The molecule has 4 nitrogen and oxygen atoms in total. The highest BCUT2D eigenvalue weighted by Gasteiger charge is 2.36. The number of anilines is 2. The highest BCUT2D eigenvalue weighted by molar-refractivity contribution is 5.55. The predicted molar refractivity (Wildman–Crippen MR) is 88.0 cm³/mol. The highest BCUT2D eigenvalue weighted by atomic mass is 19.4. The second-order valence-electron chi connectivity index (χ2n) is 5.32. The van der Waals surface area contributed by atoms with Crippen molar-refractivity contribution in [1.82, 2.24) is 9.97 Å². The van der Waals surface area contributed by atoms with Crippen molar-refractivity contribution in [2.45, 2.75) is 13.1 Å². The van der Waals surface area contributed by atoms with E-state index >= 15 is 0 Å². The number of alkyl halides is 3. The van der Waals surface area contributed by atoms with Crippen molar-refractivity contribution in [3.05, 3.63) is 71.9 Å². The fourth-order valence-corrected chi connectivity index (χ4v) is 2.15. The molecule has 1 aromatic heterocycles. The number of para-hydroxylation sites is 1. The Kier molecular flexibility index (Phi) is 4.56. The van der Waals surface area contributed by atoms with Crippen LogP contribution < -0.4 is 10.1 Å². The molecule has 0 spiro atoms. The van der Waals surface area contributed by atoms with Crippen molar-refractivity contribution >= 4 is 11.6 Å². The Labute approximate surface area is 142 Å². The first-order valence-corrected chi connectivity index (χ1v) is 7.42. The minimum absolute atomic E-state index is 0.0181. The van der Waals surface area contributed by atoms with E-state index in [9.17, 15) is 13.2 Å². The molecule has 0 fully saturated rings. The zero-order valence-electron chi connectivity index (χ0n) is 13.2. The first-order chi connectivity index (χ1) is 11.9. The molecule has 128 valence electrons. The Morgan fingerprint density at radius 2 is 1.76 bits per heavy atom. The van der Waals surface area contributed by atoms with E-state index in [2.05, 4.69) is 15.3 Å². The monoisotopic (exact) mass is 345 g/mol. The van der Waals surface area contributed by atoms with Gasteiger partial charge in [0.2, 0.25) is 11.8 Å². The summed E-state index contributed by atoms with van der Waals surface area (Å²) in [6.07, 6.45) is -3.91. The third kappa shape index (κ3) is 4.26. The Morgan fingerprint density at radius 1 is 1.00 bits per heavy atom. The molecule has 0 radical (unpaired) electrons. The van der Waals surface area contributed by atoms with Crippen LogP contribution >= 0.6 is 0 Å². The summed E-state index contributed by atoms with van der Waals surface area (Å²) < 4.78 is 44.9. The summed E-state index contributed by atoms with van der Waals surface area (Å²) in [7, 11) is 0. The van der Waals surface area contributed by atoms with Gasteiger partial charge in [-0.05, 0) is 36.8 Å². The molecular weight excluding hydrogens is 331 g/mol. The topological polar surface area (TPSA) is 47.0 Å². The van der Waals surface area contributed by atoms with Crippen LogP contribution in [0.3, 0.4) is 0 Å². The number of hydrogen-bond acceptors (Lipinski definition) is 4. The van der Waals surface area contributed by atoms with Gasteiger partial charge in [0.25, 0.3) is 0 Å². The maximum absolute atomic E-state index is 13.2. The van der Waals surface area contributed by atoms with E-state index in [-0.39, 0.29) is 11.7 Å². The summed E-state index contributed by atoms with van der Waals surface area (Å²) in [6, 6.07) is 15.5. The van der Waals surface area contributed by atoms with E-state index in [4.69, 9.17) is 4.74 Å². The summed E-state index contributed by atoms with van der Waals surface area (Å²) in [6.45, 7) is 1.91. The lowest BCUT2D eigenvalue weighted by Gasteiger charge is -2.14. The van der Waals surface area contributed by atoms with Gasteiger partial charge in [0, 0.05) is 11.9 Å². The molecule has 0 aliphatic rings. The molecule has 2 aromatic carbocycles. The summed E-state index contributed by atoms with van der Waals surface area (Å²) in [5, 5.41) is 2.88. The molecule has 25 heavy (non-hydrogen) atoms. The van der Waals surface area contributed by atoms with Crippen LogP contribution in [0.1, 0.15) is 11.1 Å². The fraction of sp³-hybridized carbons (Fsp3) is 0.111. The van der Waals surface area contributed by atoms with Crippen LogP contribution in [0.2, 0.25) is 0 Å². The van der Waals surface area contributed by atoms with E-state index in [1.165, 1.54) is 0 Å². The molecule has 3 rings (SSSR count). The van der Waals surface area contributed by atoms with Crippen LogP contribution in [0.25, 0.3) is 0 Å². The van der Waals surface area contributed by atoms with Crippen LogP contribution in [-0.2, 0) is 6.18 Å². The van der Waals surface area contributed by atoms with E-state index in [0.717, 1.165) is 5.56 Å². The molecule has 0 aliphatic carbocycles. The van der Waals surface area contributed by atoms with E-state index in [0.29, 0.717) is 11.9 Å². The number of ether oxygens (including phenoxy) is 1. The maximum Gasteiger partial charge on any atom is 0.423 e. The van der Waals surface area contributed by atoms with Gasteiger partial charge in [-0.25, -0.2) is 4.98 Å². The van der Waals surface area contributed by atoms with Gasteiger partial charge in [-0.2, -0.15) is 18.2 Å². The molecule has 0 bridgehead atoms. The molecule has 1 heterocycles. The average molecular weight is 345 g/mol. The summed E-state index contributed by atoms with van der Waals surface area (Å²) in [5.74, 6) is -0.276. The molecule has 0 aliphatic heterocycles. The number of hydrogen-bond donors (Lipinski definition) is 1. The van der Waals surface area contributed by atoms with Gasteiger partial charge in [-0.1, -0.05) is 30.3 Å². The van der Waals surface area contributed by atoms with E-state index in [1.807, 2.05) is 25.1 Å². The molecule has 0 amide bonds. The third-order valence-electron chi connectivity index (χ3n) is 3.29. The molecule has 0 saturated heterocycles. The van der Waals surface area contributed by atoms with Gasteiger partial charge in [0.15, 0.2) is 0 Å². The van der Waals surface area contributed by atoms with Crippen LogP contribution in [0.15, 0.2) is 60.8 Å². The molecule has 1 N–H and O–H groups in total. The van der Waals surface area contributed by atoms with Crippen LogP contribution in [0, 0.1) is 6.92 Å². The van der Waals surface area contributed by atoms with Crippen molar-refractivity contribution in [2.75, 3.05) is 5.32 Å². The van der Waals surface area contributed by atoms with E-state index < -0.39 is 17.6 Å². The van der Waals surface area contributed by atoms with Crippen molar-refractivity contribution in [3.8, 4) is 11.6 Å². The highest BCUT2D eigenvalue weighted by Crippen LogP contribution is 2.37. The average Bonchev–Trinajstić information content (AvgIpc) is 2.55. The molecule has 0 atom stereocenters. The smallest absolute Gasteiger partial charge is 0.423 e. The minimum Gasteiger partial charge on any atom is -0.438 e. The molecule has 3 aromatic rings. The zero-order chi connectivity index (χ0) is 17.9. The predicted octanol–water partition coefficient (Wildman–Crippen LogP) is 5.34. The van der Waals surface area contributed by atoms with Gasteiger partial charge in [-0.15, -0.1) is 0 Å². The van der Waals surface area contributed by atoms with Gasteiger partial charge < -0.3 is 10.1 Å². The number of rotatable bonds is 4. The lowest BCUT2D eigenvalue weighted by atomic mass is 10.2. The Morgan fingerprint density at radius 3 is 2.44 bits per heavy atom. The molecule has 0 saturated carbocycles. The van der Waals surface area contributed by atoms with Crippen LogP contribution in [-0.4, -0.2) is 9.97 Å². The Hall–Kier alpha value is -3.09. The number of halogens is 3. The SMILES string of the molecule is Cc1cccc(Nc2ncc(C(F)(F)F)c(Oc3ccccc3)n2)c1. The first kappa shape index (κ1) is 16.8. The van der Waals surface area contributed by atoms with Gasteiger partial charge in [0.1, 0.15) is 11.3 Å². The minimum atomic E-state index is -4.62. The fourth-order valence-electron chi connectivity index (χ4n) is 2.15. The number of aryl methyl sites for hydroxylation is 1. The first-order valence-electron chi connectivity index (χ1n) is 7.42. The summed E-state index contributed by atoms with van der Waals surface area (Å²) in [5.41, 5.74) is 0.634.